The Morgan fingerprint density at radius 1 is 1.32 bits per heavy atom. The summed E-state index contributed by atoms with van der Waals surface area (Å²) in [6.45, 7) is 9.72. The molecule has 2 N–H and O–H groups in total. The molecule has 0 radical (unpaired) electrons. The zero-order valence-electron chi connectivity index (χ0n) is 15.1. The van der Waals surface area contributed by atoms with Crippen molar-refractivity contribution in [2.45, 2.75) is 46.1 Å². The molecule has 3 rings (SSSR count). The maximum absolute atomic E-state index is 11.8. The summed E-state index contributed by atoms with van der Waals surface area (Å²) in [7, 11) is 0. The maximum Gasteiger partial charge on any atom is 0.407 e. The van der Waals surface area contributed by atoms with Crippen molar-refractivity contribution >= 4 is 23.6 Å². The van der Waals surface area contributed by atoms with Gasteiger partial charge in [-0.2, -0.15) is 0 Å². The molecule has 0 saturated carbocycles. The third-order valence-corrected chi connectivity index (χ3v) is 5.03. The van der Waals surface area contributed by atoms with E-state index >= 15 is 0 Å². The lowest BCUT2D eigenvalue weighted by atomic mass is 9.84. The zero-order chi connectivity index (χ0) is 18.4. The quantitative estimate of drug-likeness (QED) is 0.807. The lowest BCUT2D eigenvalue weighted by Gasteiger charge is -2.46. The Bertz CT molecular complexity index is 700. The molecule has 0 spiro atoms. The fraction of sp³-hybridized carbons (Fsp3) is 0.647. The van der Waals surface area contributed by atoms with Gasteiger partial charge in [0.2, 0.25) is 5.91 Å². The molecule has 1 saturated heterocycles. The average molecular weight is 347 g/mol. The molecule has 2 unspecified atom stereocenters. The lowest BCUT2D eigenvalue weighted by molar-refractivity contribution is -0.116. The number of rotatable bonds is 1. The van der Waals surface area contributed by atoms with Crippen LogP contribution in [0.5, 0.6) is 0 Å². The molecular formula is C17H25N5O3. The summed E-state index contributed by atoms with van der Waals surface area (Å²) in [6.07, 6.45) is 0.984. The van der Waals surface area contributed by atoms with E-state index in [9.17, 15) is 14.7 Å². The van der Waals surface area contributed by atoms with Crippen LogP contribution in [0.15, 0.2) is 6.33 Å². The number of anilines is 2. The van der Waals surface area contributed by atoms with Crippen LogP contribution >= 0.6 is 0 Å². The van der Waals surface area contributed by atoms with Crippen LogP contribution in [0.4, 0.5) is 16.4 Å². The van der Waals surface area contributed by atoms with Crippen LogP contribution in [-0.2, 0) is 4.79 Å². The van der Waals surface area contributed by atoms with Crippen LogP contribution in [0.1, 0.15) is 45.6 Å². The van der Waals surface area contributed by atoms with E-state index in [0.29, 0.717) is 31.9 Å². The largest absolute Gasteiger partial charge is 0.465 e. The number of nitrogens with zero attached hydrogens (tertiary/aromatic N) is 4. The van der Waals surface area contributed by atoms with Crippen LogP contribution in [0.25, 0.3) is 0 Å². The summed E-state index contributed by atoms with van der Waals surface area (Å²) in [4.78, 5) is 35.7. The molecule has 25 heavy (non-hydrogen) atoms. The fourth-order valence-electron chi connectivity index (χ4n) is 3.70. The van der Waals surface area contributed by atoms with Crippen LogP contribution in [-0.4, -0.2) is 57.7 Å². The van der Waals surface area contributed by atoms with Gasteiger partial charge in [0.05, 0.1) is 6.04 Å². The summed E-state index contributed by atoms with van der Waals surface area (Å²) < 4.78 is 0. The fourth-order valence-corrected chi connectivity index (χ4v) is 3.70. The smallest absolute Gasteiger partial charge is 0.407 e. The predicted octanol–water partition coefficient (Wildman–Crippen LogP) is 2.14. The lowest BCUT2D eigenvalue weighted by Crippen LogP contribution is -2.59. The Balaban J connectivity index is 1.95. The number of carbonyl (C=O) groups excluding carboxylic acids is 1. The molecule has 8 heteroatoms. The molecule has 2 aliphatic heterocycles. The molecule has 0 bridgehead atoms. The van der Waals surface area contributed by atoms with Crippen LogP contribution < -0.4 is 10.2 Å². The van der Waals surface area contributed by atoms with Crippen LogP contribution in [0.2, 0.25) is 0 Å². The number of piperazine rings is 1. The summed E-state index contributed by atoms with van der Waals surface area (Å²) in [5.41, 5.74) is 0.753. The van der Waals surface area contributed by atoms with Gasteiger partial charge in [-0.15, -0.1) is 0 Å². The molecule has 2 amide bonds. The second-order valence-corrected chi connectivity index (χ2v) is 7.92. The summed E-state index contributed by atoms with van der Waals surface area (Å²) in [6, 6.07) is -0.141. The Morgan fingerprint density at radius 2 is 2.04 bits per heavy atom. The molecular weight excluding hydrogens is 322 g/mol. The first-order valence-electron chi connectivity index (χ1n) is 8.57. The first-order valence-corrected chi connectivity index (χ1v) is 8.57. The van der Waals surface area contributed by atoms with Crippen molar-refractivity contribution in [3.63, 3.8) is 0 Å². The van der Waals surface area contributed by atoms with E-state index < -0.39 is 6.09 Å². The Morgan fingerprint density at radius 3 is 2.68 bits per heavy atom. The van der Waals surface area contributed by atoms with E-state index in [-0.39, 0.29) is 23.3 Å². The number of fused-ring (bicyclic) bond motifs is 1. The molecule has 1 aromatic rings. The van der Waals surface area contributed by atoms with Gasteiger partial charge in [-0.1, -0.05) is 27.7 Å². The van der Waals surface area contributed by atoms with E-state index in [1.807, 2.05) is 6.92 Å². The van der Waals surface area contributed by atoms with Gasteiger partial charge in [0.1, 0.15) is 18.0 Å². The van der Waals surface area contributed by atoms with Crippen molar-refractivity contribution in [1.82, 2.24) is 14.9 Å². The van der Waals surface area contributed by atoms with Crippen molar-refractivity contribution < 1.29 is 14.7 Å². The third kappa shape index (κ3) is 3.25. The Kier molecular flexibility index (Phi) is 4.30. The van der Waals surface area contributed by atoms with Gasteiger partial charge in [0.25, 0.3) is 0 Å². The van der Waals surface area contributed by atoms with Crippen molar-refractivity contribution in [1.29, 1.82) is 0 Å². The number of nitrogens with one attached hydrogen (secondary N) is 1. The second kappa shape index (κ2) is 6.16. The topological polar surface area (TPSA) is 98.7 Å². The minimum Gasteiger partial charge on any atom is -0.465 e. The first kappa shape index (κ1) is 17.4. The standard InChI is InChI=1S/C17H25N5O3/c1-10-7-12(23)20-14-13(10)15(19-9-18-14)21-5-6-22(16(24)25)11(8-21)17(2,3)4/h9-11H,5-8H2,1-4H3,(H,24,25)(H,18,19,20,23). The highest BCUT2D eigenvalue weighted by Gasteiger charge is 2.39. The molecule has 3 heterocycles. The van der Waals surface area contributed by atoms with Crippen LogP contribution in [0, 0.1) is 5.41 Å². The van der Waals surface area contributed by atoms with E-state index in [1.165, 1.54) is 11.2 Å². The van der Waals surface area contributed by atoms with E-state index in [2.05, 4.69) is 41.0 Å². The number of carboxylic acid groups (broad SMARTS) is 1. The number of amides is 2. The molecule has 1 aromatic heterocycles. The minimum atomic E-state index is -0.884. The van der Waals surface area contributed by atoms with Gasteiger partial charge in [-0.3, -0.25) is 4.79 Å². The van der Waals surface area contributed by atoms with Crippen molar-refractivity contribution in [2.24, 2.45) is 5.41 Å². The highest BCUT2D eigenvalue weighted by Crippen LogP contribution is 2.38. The van der Waals surface area contributed by atoms with Crippen molar-refractivity contribution in [2.75, 3.05) is 29.9 Å². The van der Waals surface area contributed by atoms with E-state index in [4.69, 9.17) is 0 Å². The molecule has 2 atom stereocenters. The van der Waals surface area contributed by atoms with Crippen molar-refractivity contribution in [3.8, 4) is 0 Å². The normalized spacial score (nSPS) is 23.9. The van der Waals surface area contributed by atoms with Crippen molar-refractivity contribution in [3.05, 3.63) is 11.9 Å². The number of carbonyl (C=O) groups is 2. The first-order chi connectivity index (χ1) is 11.7. The van der Waals surface area contributed by atoms with Crippen LogP contribution in [0.3, 0.4) is 0 Å². The van der Waals surface area contributed by atoms with Gasteiger partial charge in [-0.25, -0.2) is 14.8 Å². The average Bonchev–Trinajstić information content (AvgIpc) is 2.52. The number of aromatic nitrogens is 2. The SMILES string of the molecule is CC1CC(=O)Nc2ncnc(N3CCN(C(=O)O)C(C(C)(C)C)C3)c21. The monoisotopic (exact) mass is 347 g/mol. The molecule has 136 valence electrons. The summed E-state index contributed by atoms with van der Waals surface area (Å²) in [5.74, 6) is 1.37. The van der Waals surface area contributed by atoms with Gasteiger partial charge in [0.15, 0.2) is 0 Å². The molecule has 0 aliphatic carbocycles. The van der Waals surface area contributed by atoms with E-state index in [0.717, 1.165) is 11.4 Å². The van der Waals surface area contributed by atoms with Gasteiger partial charge < -0.3 is 20.2 Å². The third-order valence-electron chi connectivity index (χ3n) is 5.03. The summed E-state index contributed by atoms with van der Waals surface area (Å²) >= 11 is 0. The molecule has 2 aliphatic rings. The maximum atomic E-state index is 11.8. The Hall–Kier alpha value is -2.38. The molecule has 1 fully saturated rings. The summed E-state index contributed by atoms with van der Waals surface area (Å²) in [5, 5.41) is 12.3. The molecule has 8 nitrogen and oxygen atoms in total. The molecule has 0 aromatic carbocycles. The zero-order valence-corrected chi connectivity index (χ0v) is 15.1. The van der Waals surface area contributed by atoms with E-state index in [1.54, 1.807) is 0 Å². The number of hydrogen-bond donors (Lipinski definition) is 2. The van der Waals surface area contributed by atoms with Gasteiger partial charge >= 0.3 is 6.09 Å². The highest BCUT2D eigenvalue weighted by molar-refractivity contribution is 5.94. The van der Waals surface area contributed by atoms with Gasteiger partial charge in [-0.05, 0) is 11.3 Å². The highest BCUT2D eigenvalue weighted by atomic mass is 16.4. The van der Waals surface area contributed by atoms with Gasteiger partial charge in [0, 0.05) is 31.6 Å². The number of hydrogen-bond acceptors (Lipinski definition) is 5. The predicted molar refractivity (Wildman–Crippen MR) is 93.9 cm³/mol. The second-order valence-electron chi connectivity index (χ2n) is 7.92. The Labute approximate surface area is 147 Å². The minimum absolute atomic E-state index is 0.0329.